The fourth-order valence-electron chi connectivity index (χ4n) is 1.71. The maximum Gasteiger partial charge on any atom is 0.135 e. The van der Waals surface area contributed by atoms with E-state index in [1.54, 1.807) is 13.2 Å². The van der Waals surface area contributed by atoms with Crippen molar-refractivity contribution >= 4 is 27.3 Å². The largest absolute Gasteiger partial charge is 0.495 e. The van der Waals surface area contributed by atoms with E-state index in [4.69, 9.17) is 4.74 Å². The van der Waals surface area contributed by atoms with Gasteiger partial charge in [-0.2, -0.15) is 0 Å². The lowest BCUT2D eigenvalue weighted by atomic mass is 10.1. The molecule has 0 aliphatic carbocycles. The highest BCUT2D eigenvalue weighted by Gasteiger charge is 2.16. The van der Waals surface area contributed by atoms with E-state index in [1.165, 1.54) is 23.5 Å². The molecule has 1 aromatic carbocycles. The molecule has 2 aromatic rings. The molecule has 0 aliphatic rings. The number of rotatable bonds is 4. The van der Waals surface area contributed by atoms with Gasteiger partial charge in [-0.05, 0) is 29.1 Å². The average molecular weight is 331 g/mol. The van der Waals surface area contributed by atoms with Crippen LogP contribution in [0.1, 0.15) is 16.5 Å². The Hall–Kier alpha value is -0.910. The first kappa shape index (κ1) is 13.5. The second kappa shape index (κ2) is 5.82. The summed E-state index contributed by atoms with van der Waals surface area (Å²) in [5.74, 6) is 0.388. The van der Waals surface area contributed by atoms with Crippen LogP contribution in [-0.2, 0) is 6.42 Å². The molecule has 2 nitrogen and oxygen atoms in total. The molecule has 0 saturated heterocycles. The molecular weight excluding hydrogens is 319 g/mol. The molecule has 1 aromatic heterocycles. The summed E-state index contributed by atoms with van der Waals surface area (Å²) >= 11 is 4.74. The Labute approximate surface area is 117 Å². The summed E-state index contributed by atoms with van der Waals surface area (Å²) < 4.78 is 18.8. The van der Waals surface area contributed by atoms with Gasteiger partial charge in [0.2, 0.25) is 0 Å². The second-order valence-corrected chi connectivity index (χ2v) is 5.61. The maximum atomic E-state index is 13.0. The van der Waals surface area contributed by atoms with E-state index in [-0.39, 0.29) is 5.82 Å². The first-order valence-corrected chi connectivity index (χ1v) is 7.02. The Kier molecular flexibility index (Phi) is 4.37. The lowest BCUT2D eigenvalue weighted by Gasteiger charge is -2.12. The van der Waals surface area contributed by atoms with Crippen LogP contribution in [0.3, 0.4) is 0 Å². The van der Waals surface area contributed by atoms with Crippen LogP contribution in [0.25, 0.3) is 0 Å². The van der Waals surface area contributed by atoms with Crippen molar-refractivity contribution in [2.45, 2.75) is 12.5 Å². The number of benzene rings is 1. The summed E-state index contributed by atoms with van der Waals surface area (Å²) in [6.45, 7) is 0. The fourth-order valence-corrected chi connectivity index (χ4v) is 3.07. The molecule has 0 aliphatic heterocycles. The number of ether oxygens (including phenoxy) is 1. The van der Waals surface area contributed by atoms with E-state index in [2.05, 4.69) is 15.9 Å². The first-order chi connectivity index (χ1) is 8.61. The molecule has 1 heterocycles. The highest BCUT2D eigenvalue weighted by atomic mass is 79.9. The number of aliphatic hydroxyl groups is 1. The van der Waals surface area contributed by atoms with Gasteiger partial charge in [0.05, 0.1) is 18.1 Å². The van der Waals surface area contributed by atoms with Gasteiger partial charge < -0.3 is 9.84 Å². The summed E-state index contributed by atoms with van der Waals surface area (Å²) in [7, 11) is 1.58. The van der Waals surface area contributed by atoms with Crippen molar-refractivity contribution in [3.05, 3.63) is 50.4 Å². The monoisotopic (exact) mass is 330 g/mol. The van der Waals surface area contributed by atoms with Crippen LogP contribution in [0.2, 0.25) is 0 Å². The predicted molar refractivity (Wildman–Crippen MR) is 73.6 cm³/mol. The van der Waals surface area contributed by atoms with Crippen molar-refractivity contribution in [1.82, 2.24) is 0 Å². The SMILES string of the molecule is COc1ccsc1C(O)Cc1ccc(F)cc1Br. The van der Waals surface area contributed by atoms with Crippen LogP contribution in [-0.4, -0.2) is 12.2 Å². The van der Waals surface area contributed by atoms with Crippen molar-refractivity contribution in [1.29, 1.82) is 0 Å². The molecule has 2 rings (SSSR count). The Morgan fingerprint density at radius 3 is 2.89 bits per heavy atom. The van der Waals surface area contributed by atoms with Gasteiger partial charge in [0.1, 0.15) is 11.6 Å². The van der Waals surface area contributed by atoms with Gasteiger partial charge in [-0.25, -0.2) is 4.39 Å². The van der Waals surface area contributed by atoms with E-state index < -0.39 is 6.10 Å². The quantitative estimate of drug-likeness (QED) is 0.920. The Morgan fingerprint density at radius 1 is 1.44 bits per heavy atom. The number of aliphatic hydroxyl groups excluding tert-OH is 1. The molecular formula is C13H12BrFO2S. The first-order valence-electron chi connectivity index (χ1n) is 5.35. The molecule has 0 fully saturated rings. The maximum absolute atomic E-state index is 13.0. The van der Waals surface area contributed by atoms with Crippen LogP contribution >= 0.6 is 27.3 Å². The minimum atomic E-state index is -0.651. The van der Waals surface area contributed by atoms with Crippen molar-refractivity contribution < 1.29 is 14.2 Å². The lowest BCUT2D eigenvalue weighted by molar-refractivity contribution is 0.178. The Bertz CT molecular complexity index is 542. The number of halogens is 2. The Balaban J connectivity index is 2.18. The summed E-state index contributed by atoms with van der Waals surface area (Å²) in [5, 5.41) is 12.1. The van der Waals surface area contributed by atoms with Crippen LogP contribution in [0.5, 0.6) is 5.75 Å². The zero-order valence-electron chi connectivity index (χ0n) is 9.69. The van der Waals surface area contributed by atoms with Crippen LogP contribution < -0.4 is 4.74 Å². The van der Waals surface area contributed by atoms with Crippen LogP contribution in [0, 0.1) is 5.82 Å². The molecule has 0 bridgehead atoms. The molecule has 0 radical (unpaired) electrons. The highest BCUT2D eigenvalue weighted by Crippen LogP contribution is 2.33. The summed E-state index contributed by atoms with van der Waals surface area (Å²) in [5.41, 5.74) is 0.861. The number of methoxy groups -OCH3 is 1. The van der Waals surface area contributed by atoms with Crippen LogP contribution in [0.4, 0.5) is 4.39 Å². The Morgan fingerprint density at radius 2 is 2.22 bits per heavy atom. The average Bonchev–Trinajstić information content (AvgIpc) is 2.81. The third kappa shape index (κ3) is 2.91. The molecule has 1 N–H and O–H groups in total. The van der Waals surface area contributed by atoms with Gasteiger partial charge in [0, 0.05) is 10.9 Å². The van der Waals surface area contributed by atoms with Crippen molar-refractivity contribution in [2.24, 2.45) is 0 Å². The summed E-state index contributed by atoms with van der Waals surface area (Å²) in [6, 6.07) is 6.28. The third-order valence-corrected chi connectivity index (χ3v) is 4.35. The zero-order valence-corrected chi connectivity index (χ0v) is 12.1. The van der Waals surface area contributed by atoms with E-state index >= 15 is 0 Å². The number of hydrogen-bond donors (Lipinski definition) is 1. The molecule has 1 atom stereocenters. The van der Waals surface area contributed by atoms with E-state index in [9.17, 15) is 9.50 Å². The molecule has 1 unspecified atom stereocenters. The minimum absolute atomic E-state index is 0.297. The van der Waals surface area contributed by atoms with E-state index in [1.807, 2.05) is 11.4 Å². The van der Waals surface area contributed by atoms with E-state index in [0.29, 0.717) is 16.6 Å². The van der Waals surface area contributed by atoms with Gasteiger partial charge in [-0.15, -0.1) is 11.3 Å². The van der Waals surface area contributed by atoms with E-state index in [0.717, 1.165) is 10.4 Å². The van der Waals surface area contributed by atoms with Crippen molar-refractivity contribution in [3.8, 4) is 5.75 Å². The van der Waals surface area contributed by atoms with Gasteiger partial charge in [-0.3, -0.25) is 0 Å². The number of thiophene rings is 1. The van der Waals surface area contributed by atoms with Crippen molar-refractivity contribution in [2.75, 3.05) is 7.11 Å². The normalized spacial score (nSPS) is 12.4. The molecule has 0 saturated carbocycles. The zero-order chi connectivity index (χ0) is 13.1. The van der Waals surface area contributed by atoms with Gasteiger partial charge >= 0.3 is 0 Å². The standard InChI is InChI=1S/C13H12BrFO2S/c1-17-12-4-5-18-13(12)11(16)6-8-2-3-9(15)7-10(8)14/h2-5,7,11,16H,6H2,1H3. The smallest absolute Gasteiger partial charge is 0.135 e. The molecule has 18 heavy (non-hydrogen) atoms. The third-order valence-electron chi connectivity index (χ3n) is 2.61. The fraction of sp³-hybridized carbons (Fsp3) is 0.231. The lowest BCUT2D eigenvalue weighted by Crippen LogP contribution is -2.02. The second-order valence-electron chi connectivity index (χ2n) is 3.81. The molecule has 96 valence electrons. The summed E-state index contributed by atoms with van der Waals surface area (Å²) in [6.07, 6.45) is -0.237. The molecule has 0 amide bonds. The van der Waals surface area contributed by atoms with Gasteiger partial charge in [-0.1, -0.05) is 22.0 Å². The van der Waals surface area contributed by atoms with Gasteiger partial charge in [0.25, 0.3) is 0 Å². The van der Waals surface area contributed by atoms with Crippen LogP contribution in [0.15, 0.2) is 34.1 Å². The van der Waals surface area contributed by atoms with Crippen molar-refractivity contribution in [3.63, 3.8) is 0 Å². The molecule has 5 heteroatoms. The number of hydrogen-bond acceptors (Lipinski definition) is 3. The molecule has 0 spiro atoms. The topological polar surface area (TPSA) is 29.5 Å². The summed E-state index contributed by atoms with van der Waals surface area (Å²) in [4.78, 5) is 0.786. The van der Waals surface area contributed by atoms with Gasteiger partial charge in [0.15, 0.2) is 0 Å². The highest BCUT2D eigenvalue weighted by molar-refractivity contribution is 9.10. The minimum Gasteiger partial charge on any atom is -0.495 e. The predicted octanol–water partition coefficient (Wildman–Crippen LogP) is 3.93.